The van der Waals surface area contributed by atoms with Crippen molar-refractivity contribution < 1.29 is 4.74 Å². The third-order valence-electron chi connectivity index (χ3n) is 3.61. The molecule has 1 heterocycles. The SMILES string of the molecule is COc1ccc(Cl)cc1CN1C(C)CNCC1C. The number of methoxy groups -OCH3 is 1. The number of halogens is 1. The minimum absolute atomic E-state index is 0.525. The van der Waals surface area contributed by atoms with Crippen molar-refractivity contribution in [2.75, 3.05) is 20.2 Å². The van der Waals surface area contributed by atoms with Gasteiger partial charge in [-0.25, -0.2) is 0 Å². The number of nitrogens with zero attached hydrogens (tertiary/aromatic N) is 1. The Kier molecular flexibility index (Phi) is 4.49. The first-order valence-electron chi connectivity index (χ1n) is 6.40. The van der Waals surface area contributed by atoms with Gasteiger partial charge in [0.25, 0.3) is 0 Å². The standard InChI is InChI=1S/C14H21ClN2O/c1-10-7-16-8-11(2)17(10)9-12-6-13(15)4-5-14(12)18-3/h4-6,10-11,16H,7-9H2,1-3H3. The maximum Gasteiger partial charge on any atom is 0.123 e. The van der Waals surface area contributed by atoms with Gasteiger partial charge in [-0.05, 0) is 32.0 Å². The quantitative estimate of drug-likeness (QED) is 0.912. The molecule has 1 aromatic rings. The van der Waals surface area contributed by atoms with Crippen LogP contribution >= 0.6 is 11.6 Å². The Morgan fingerprint density at radius 1 is 1.33 bits per heavy atom. The molecule has 1 N–H and O–H groups in total. The molecule has 1 fully saturated rings. The summed E-state index contributed by atoms with van der Waals surface area (Å²) in [5.41, 5.74) is 1.16. The Labute approximate surface area is 114 Å². The summed E-state index contributed by atoms with van der Waals surface area (Å²) in [6, 6.07) is 6.86. The number of nitrogens with one attached hydrogen (secondary N) is 1. The van der Waals surface area contributed by atoms with E-state index < -0.39 is 0 Å². The molecule has 2 unspecified atom stereocenters. The van der Waals surface area contributed by atoms with Crippen LogP contribution in [0.2, 0.25) is 5.02 Å². The van der Waals surface area contributed by atoms with E-state index in [0.29, 0.717) is 12.1 Å². The Balaban J connectivity index is 2.19. The summed E-state index contributed by atoms with van der Waals surface area (Å²) in [5.74, 6) is 0.914. The zero-order chi connectivity index (χ0) is 13.1. The van der Waals surface area contributed by atoms with Crippen molar-refractivity contribution in [1.29, 1.82) is 0 Å². The average molecular weight is 269 g/mol. The lowest BCUT2D eigenvalue weighted by molar-refractivity contribution is 0.107. The van der Waals surface area contributed by atoms with Gasteiger partial charge in [0.15, 0.2) is 0 Å². The van der Waals surface area contributed by atoms with Crippen molar-refractivity contribution in [3.63, 3.8) is 0 Å². The molecule has 0 radical (unpaired) electrons. The average Bonchev–Trinajstić information content (AvgIpc) is 2.34. The van der Waals surface area contributed by atoms with Crippen LogP contribution in [-0.4, -0.2) is 37.2 Å². The third-order valence-corrected chi connectivity index (χ3v) is 3.84. The van der Waals surface area contributed by atoms with E-state index in [0.717, 1.165) is 36.0 Å². The smallest absolute Gasteiger partial charge is 0.123 e. The first kappa shape index (κ1) is 13.7. The van der Waals surface area contributed by atoms with E-state index in [4.69, 9.17) is 16.3 Å². The molecule has 2 atom stereocenters. The third kappa shape index (κ3) is 2.97. The van der Waals surface area contributed by atoms with Crippen LogP contribution in [0.5, 0.6) is 5.75 Å². The molecule has 1 aromatic carbocycles. The Morgan fingerprint density at radius 2 is 2.00 bits per heavy atom. The monoisotopic (exact) mass is 268 g/mol. The van der Waals surface area contributed by atoms with Crippen LogP contribution in [0.1, 0.15) is 19.4 Å². The summed E-state index contributed by atoms with van der Waals surface area (Å²) in [4.78, 5) is 2.49. The lowest BCUT2D eigenvalue weighted by Crippen LogP contribution is -2.54. The summed E-state index contributed by atoms with van der Waals surface area (Å²) < 4.78 is 5.41. The maximum absolute atomic E-state index is 6.08. The van der Waals surface area contributed by atoms with Crippen LogP contribution in [0.25, 0.3) is 0 Å². The van der Waals surface area contributed by atoms with Crippen molar-refractivity contribution in [3.8, 4) is 5.75 Å². The van der Waals surface area contributed by atoms with Gasteiger partial charge in [-0.15, -0.1) is 0 Å². The summed E-state index contributed by atoms with van der Waals surface area (Å²) in [6.07, 6.45) is 0. The van der Waals surface area contributed by atoms with Crippen molar-refractivity contribution in [3.05, 3.63) is 28.8 Å². The van der Waals surface area contributed by atoms with E-state index >= 15 is 0 Å². The first-order chi connectivity index (χ1) is 8.61. The van der Waals surface area contributed by atoms with Gasteiger partial charge in [-0.2, -0.15) is 0 Å². The minimum Gasteiger partial charge on any atom is -0.496 e. The van der Waals surface area contributed by atoms with E-state index in [9.17, 15) is 0 Å². The van der Waals surface area contributed by atoms with Crippen LogP contribution < -0.4 is 10.1 Å². The lowest BCUT2D eigenvalue weighted by Gasteiger charge is -2.39. The molecule has 0 amide bonds. The topological polar surface area (TPSA) is 24.5 Å². The number of hydrogen-bond donors (Lipinski definition) is 1. The van der Waals surface area contributed by atoms with Crippen molar-refractivity contribution >= 4 is 11.6 Å². The molecule has 0 spiro atoms. The molecular weight excluding hydrogens is 248 g/mol. The largest absolute Gasteiger partial charge is 0.496 e. The highest BCUT2D eigenvalue weighted by molar-refractivity contribution is 6.30. The number of piperazine rings is 1. The fourth-order valence-electron chi connectivity index (χ4n) is 2.55. The fraction of sp³-hybridized carbons (Fsp3) is 0.571. The van der Waals surface area contributed by atoms with Crippen molar-refractivity contribution in [2.24, 2.45) is 0 Å². The summed E-state index contributed by atoms with van der Waals surface area (Å²) >= 11 is 6.08. The van der Waals surface area contributed by atoms with Gasteiger partial charge >= 0.3 is 0 Å². The lowest BCUT2D eigenvalue weighted by atomic mass is 10.1. The van der Waals surface area contributed by atoms with Gasteiger partial charge in [0.2, 0.25) is 0 Å². The highest BCUT2D eigenvalue weighted by Gasteiger charge is 2.25. The van der Waals surface area contributed by atoms with Gasteiger partial charge in [-0.3, -0.25) is 4.90 Å². The summed E-state index contributed by atoms with van der Waals surface area (Å²) in [7, 11) is 1.71. The molecule has 18 heavy (non-hydrogen) atoms. The summed E-state index contributed by atoms with van der Waals surface area (Å²) in [6.45, 7) is 7.45. The highest BCUT2D eigenvalue weighted by Crippen LogP contribution is 2.26. The minimum atomic E-state index is 0.525. The second-order valence-corrected chi connectivity index (χ2v) is 5.42. The second kappa shape index (κ2) is 5.91. The fourth-order valence-corrected chi connectivity index (χ4v) is 2.74. The van der Waals surface area contributed by atoms with E-state index in [1.54, 1.807) is 7.11 Å². The summed E-state index contributed by atoms with van der Waals surface area (Å²) in [5, 5.41) is 4.21. The van der Waals surface area contributed by atoms with Crippen molar-refractivity contribution in [1.82, 2.24) is 10.2 Å². The molecule has 3 nitrogen and oxygen atoms in total. The maximum atomic E-state index is 6.08. The predicted octanol–water partition coefficient (Wildman–Crippen LogP) is 2.53. The Morgan fingerprint density at radius 3 is 2.61 bits per heavy atom. The number of rotatable bonds is 3. The number of hydrogen-bond acceptors (Lipinski definition) is 3. The Hall–Kier alpha value is -0.770. The van der Waals surface area contributed by atoms with E-state index in [1.807, 2.05) is 18.2 Å². The molecule has 1 saturated heterocycles. The van der Waals surface area contributed by atoms with Crippen LogP contribution in [-0.2, 0) is 6.54 Å². The molecule has 0 aromatic heterocycles. The molecule has 0 aliphatic carbocycles. The molecule has 1 aliphatic heterocycles. The molecule has 4 heteroatoms. The van der Waals surface area contributed by atoms with Gasteiger partial charge in [-0.1, -0.05) is 11.6 Å². The Bertz CT molecular complexity index is 401. The zero-order valence-electron chi connectivity index (χ0n) is 11.2. The molecule has 0 saturated carbocycles. The molecule has 100 valence electrons. The second-order valence-electron chi connectivity index (χ2n) is 4.98. The zero-order valence-corrected chi connectivity index (χ0v) is 12.0. The van der Waals surface area contributed by atoms with E-state index in [2.05, 4.69) is 24.1 Å². The molecule has 1 aliphatic rings. The number of ether oxygens (including phenoxy) is 1. The van der Waals surface area contributed by atoms with E-state index in [1.165, 1.54) is 0 Å². The predicted molar refractivity (Wildman–Crippen MR) is 75.3 cm³/mol. The first-order valence-corrected chi connectivity index (χ1v) is 6.78. The number of benzene rings is 1. The van der Waals surface area contributed by atoms with Crippen LogP contribution in [0.15, 0.2) is 18.2 Å². The highest BCUT2D eigenvalue weighted by atomic mass is 35.5. The van der Waals surface area contributed by atoms with Crippen molar-refractivity contribution in [2.45, 2.75) is 32.5 Å². The molecule has 2 rings (SSSR count). The van der Waals surface area contributed by atoms with Gasteiger partial charge in [0.1, 0.15) is 5.75 Å². The van der Waals surface area contributed by atoms with Gasteiger partial charge < -0.3 is 10.1 Å². The van der Waals surface area contributed by atoms with Gasteiger partial charge in [0, 0.05) is 42.3 Å². The normalized spacial score (nSPS) is 25.1. The molecule has 0 bridgehead atoms. The van der Waals surface area contributed by atoms with Crippen LogP contribution in [0.3, 0.4) is 0 Å². The molecular formula is C14H21ClN2O. The van der Waals surface area contributed by atoms with Crippen LogP contribution in [0, 0.1) is 0 Å². The van der Waals surface area contributed by atoms with Gasteiger partial charge in [0.05, 0.1) is 7.11 Å². The van der Waals surface area contributed by atoms with Crippen LogP contribution in [0.4, 0.5) is 0 Å². The van der Waals surface area contributed by atoms with E-state index in [-0.39, 0.29) is 0 Å².